The molecule has 0 saturated carbocycles. The van der Waals surface area contributed by atoms with E-state index >= 15 is 0 Å². The first kappa shape index (κ1) is 15.8. The second-order valence-corrected chi connectivity index (χ2v) is 4.95. The van der Waals surface area contributed by atoms with Crippen LogP contribution in [0, 0.1) is 0 Å². The van der Waals surface area contributed by atoms with Crippen LogP contribution in [0.5, 0.6) is 0 Å². The third-order valence-corrected chi connectivity index (χ3v) is 3.27. The molecule has 0 aliphatic rings. The molecule has 1 aromatic carbocycles. The summed E-state index contributed by atoms with van der Waals surface area (Å²) in [4.78, 5) is 22.4. The molecule has 1 atom stereocenters. The molecule has 19 heavy (non-hydrogen) atoms. The minimum atomic E-state index is -1.03. The summed E-state index contributed by atoms with van der Waals surface area (Å²) in [6.45, 7) is 1.70. The first-order valence-corrected chi connectivity index (χ1v) is 6.65. The highest BCUT2D eigenvalue weighted by Gasteiger charge is 2.17. The van der Waals surface area contributed by atoms with Gasteiger partial charge in [-0.1, -0.05) is 36.2 Å². The lowest BCUT2D eigenvalue weighted by Gasteiger charge is -2.12. The molecule has 1 amide bonds. The molecule has 0 bridgehead atoms. The van der Waals surface area contributed by atoms with Crippen LogP contribution in [0.4, 0.5) is 0 Å². The van der Waals surface area contributed by atoms with E-state index in [0.29, 0.717) is 22.9 Å². The van der Waals surface area contributed by atoms with Gasteiger partial charge in [-0.05, 0) is 30.5 Å². The molecule has 104 valence electrons. The van der Waals surface area contributed by atoms with E-state index in [1.54, 1.807) is 25.1 Å². The van der Waals surface area contributed by atoms with Gasteiger partial charge in [-0.2, -0.15) is 0 Å². The summed E-state index contributed by atoms with van der Waals surface area (Å²) >= 11 is 11.8. The maximum atomic E-state index is 11.6. The molecule has 0 radical (unpaired) electrons. The summed E-state index contributed by atoms with van der Waals surface area (Å²) in [5, 5.41) is 12.3. The number of carbonyl (C=O) groups is 2. The lowest BCUT2D eigenvalue weighted by molar-refractivity contribution is -0.141. The van der Waals surface area contributed by atoms with E-state index in [-0.39, 0.29) is 12.3 Å². The zero-order valence-electron chi connectivity index (χ0n) is 10.5. The van der Waals surface area contributed by atoms with Crippen LogP contribution >= 0.6 is 23.2 Å². The van der Waals surface area contributed by atoms with Gasteiger partial charge in [0.05, 0.1) is 0 Å². The Kier molecular flexibility index (Phi) is 6.12. The van der Waals surface area contributed by atoms with Gasteiger partial charge in [-0.3, -0.25) is 4.79 Å². The Morgan fingerprint density at radius 3 is 2.58 bits per heavy atom. The summed E-state index contributed by atoms with van der Waals surface area (Å²) in [6, 6.07) is 4.23. The average Bonchev–Trinajstić information content (AvgIpc) is 2.34. The van der Waals surface area contributed by atoms with Gasteiger partial charge in [0.15, 0.2) is 0 Å². The Morgan fingerprint density at radius 2 is 2.05 bits per heavy atom. The van der Waals surface area contributed by atoms with E-state index in [0.717, 1.165) is 5.56 Å². The summed E-state index contributed by atoms with van der Waals surface area (Å²) < 4.78 is 0. The highest BCUT2D eigenvalue weighted by Crippen LogP contribution is 2.21. The SMILES string of the molecule is CC[C@H](NC(=O)CCc1ccc(Cl)cc1Cl)C(=O)O. The van der Waals surface area contributed by atoms with E-state index < -0.39 is 12.0 Å². The Hall–Kier alpha value is -1.26. The first-order chi connectivity index (χ1) is 8.93. The average molecular weight is 304 g/mol. The van der Waals surface area contributed by atoms with Crippen molar-refractivity contribution in [2.75, 3.05) is 0 Å². The molecule has 6 heteroatoms. The van der Waals surface area contributed by atoms with E-state index in [2.05, 4.69) is 5.32 Å². The monoisotopic (exact) mass is 303 g/mol. The molecular formula is C13H15Cl2NO3. The second kappa shape index (κ2) is 7.36. The van der Waals surface area contributed by atoms with Crippen molar-refractivity contribution < 1.29 is 14.7 Å². The zero-order chi connectivity index (χ0) is 14.4. The van der Waals surface area contributed by atoms with Crippen molar-refractivity contribution >= 4 is 35.1 Å². The van der Waals surface area contributed by atoms with Crippen molar-refractivity contribution in [3.05, 3.63) is 33.8 Å². The van der Waals surface area contributed by atoms with Crippen molar-refractivity contribution in [2.24, 2.45) is 0 Å². The number of aryl methyl sites for hydroxylation is 1. The minimum Gasteiger partial charge on any atom is -0.480 e. The molecular weight excluding hydrogens is 289 g/mol. The van der Waals surface area contributed by atoms with Crippen LogP contribution in [-0.2, 0) is 16.0 Å². The van der Waals surface area contributed by atoms with Gasteiger partial charge in [-0.15, -0.1) is 0 Å². The molecule has 0 spiro atoms. The molecule has 2 N–H and O–H groups in total. The van der Waals surface area contributed by atoms with Crippen molar-refractivity contribution in [3.8, 4) is 0 Å². The fraction of sp³-hybridized carbons (Fsp3) is 0.385. The van der Waals surface area contributed by atoms with Crippen LogP contribution in [-0.4, -0.2) is 23.0 Å². The number of halogens is 2. The van der Waals surface area contributed by atoms with E-state index in [1.807, 2.05) is 0 Å². The van der Waals surface area contributed by atoms with Gasteiger partial charge < -0.3 is 10.4 Å². The predicted molar refractivity (Wildman–Crippen MR) is 74.6 cm³/mol. The van der Waals surface area contributed by atoms with Gasteiger partial charge in [-0.25, -0.2) is 4.79 Å². The Bertz CT molecular complexity index is 477. The lowest BCUT2D eigenvalue weighted by atomic mass is 10.1. The predicted octanol–water partition coefficient (Wildman–Crippen LogP) is 2.91. The van der Waals surface area contributed by atoms with E-state index in [4.69, 9.17) is 28.3 Å². The quantitative estimate of drug-likeness (QED) is 0.849. The normalized spacial score (nSPS) is 11.9. The summed E-state index contributed by atoms with van der Waals surface area (Å²) in [7, 11) is 0. The van der Waals surface area contributed by atoms with E-state index in [9.17, 15) is 9.59 Å². The van der Waals surface area contributed by atoms with Crippen LogP contribution < -0.4 is 5.32 Å². The summed E-state index contributed by atoms with van der Waals surface area (Å²) in [5.41, 5.74) is 0.810. The molecule has 0 aromatic heterocycles. The van der Waals surface area contributed by atoms with Crippen molar-refractivity contribution in [2.45, 2.75) is 32.2 Å². The molecule has 0 fully saturated rings. The molecule has 1 aromatic rings. The fourth-order valence-electron chi connectivity index (χ4n) is 1.58. The minimum absolute atomic E-state index is 0.186. The third-order valence-electron chi connectivity index (χ3n) is 2.68. The first-order valence-electron chi connectivity index (χ1n) is 5.90. The van der Waals surface area contributed by atoms with Crippen LogP contribution in [0.25, 0.3) is 0 Å². The van der Waals surface area contributed by atoms with Crippen LogP contribution in [0.1, 0.15) is 25.3 Å². The standard InChI is InChI=1S/C13H15Cl2NO3/c1-2-11(13(18)19)16-12(17)6-4-8-3-5-9(14)7-10(8)15/h3,5,7,11H,2,4,6H2,1H3,(H,16,17)(H,18,19)/t11-/m0/s1. The van der Waals surface area contributed by atoms with Gasteiger partial charge in [0.1, 0.15) is 6.04 Å². The Labute approximate surface area is 121 Å². The van der Waals surface area contributed by atoms with Crippen molar-refractivity contribution in [3.63, 3.8) is 0 Å². The maximum absolute atomic E-state index is 11.6. The van der Waals surface area contributed by atoms with Crippen LogP contribution in [0.15, 0.2) is 18.2 Å². The largest absolute Gasteiger partial charge is 0.480 e. The van der Waals surface area contributed by atoms with Crippen LogP contribution in [0.3, 0.4) is 0 Å². The number of rotatable bonds is 6. The summed E-state index contributed by atoms with van der Waals surface area (Å²) in [5.74, 6) is -1.33. The number of carbonyl (C=O) groups excluding carboxylic acids is 1. The number of aliphatic carboxylic acids is 1. The lowest BCUT2D eigenvalue weighted by Crippen LogP contribution is -2.40. The number of benzene rings is 1. The highest BCUT2D eigenvalue weighted by molar-refractivity contribution is 6.35. The van der Waals surface area contributed by atoms with Gasteiger partial charge in [0.2, 0.25) is 5.91 Å². The Morgan fingerprint density at radius 1 is 1.37 bits per heavy atom. The van der Waals surface area contributed by atoms with Crippen LogP contribution in [0.2, 0.25) is 10.0 Å². The van der Waals surface area contributed by atoms with Gasteiger partial charge in [0.25, 0.3) is 0 Å². The number of hydrogen-bond donors (Lipinski definition) is 2. The number of carboxylic acids is 1. The molecule has 0 aliphatic heterocycles. The molecule has 0 aliphatic carbocycles. The third kappa shape index (κ3) is 5.09. The topological polar surface area (TPSA) is 66.4 Å². The van der Waals surface area contributed by atoms with E-state index in [1.165, 1.54) is 0 Å². The van der Waals surface area contributed by atoms with Crippen molar-refractivity contribution in [1.82, 2.24) is 5.32 Å². The number of nitrogens with one attached hydrogen (secondary N) is 1. The second-order valence-electron chi connectivity index (χ2n) is 4.10. The number of hydrogen-bond acceptors (Lipinski definition) is 2. The highest BCUT2D eigenvalue weighted by atomic mass is 35.5. The molecule has 0 saturated heterocycles. The molecule has 4 nitrogen and oxygen atoms in total. The van der Waals surface area contributed by atoms with Gasteiger partial charge >= 0.3 is 5.97 Å². The zero-order valence-corrected chi connectivity index (χ0v) is 12.0. The molecule has 0 heterocycles. The fourth-order valence-corrected chi connectivity index (χ4v) is 2.08. The maximum Gasteiger partial charge on any atom is 0.326 e. The molecule has 1 rings (SSSR count). The van der Waals surface area contributed by atoms with Crippen molar-refractivity contribution in [1.29, 1.82) is 0 Å². The summed E-state index contributed by atoms with van der Waals surface area (Å²) in [6.07, 6.45) is 0.978. The van der Waals surface area contributed by atoms with Gasteiger partial charge in [0, 0.05) is 16.5 Å². The molecule has 0 unspecified atom stereocenters. The number of carboxylic acid groups (broad SMARTS) is 1. The smallest absolute Gasteiger partial charge is 0.326 e. The Balaban J connectivity index is 2.52. The number of amides is 1.